The summed E-state index contributed by atoms with van der Waals surface area (Å²) >= 11 is 0. The van der Waals surface area contributed by atoms with E-state index in [9.17, 15) is 8.42 Å². The largest absolute Gasteiger partial charge is 0.387 e. The van der Waals surface area contributed by atoms with E-state index in [1.807, 2.05) is 19.9 Å². The minimum atomic E-state index is -3.43. The third-order valence-corrected chi connectivity index (χ3v) is 5.90. The Bertz CT molecular complexity index is 617. The van der Waals surface area contributed by atoms with Gasteiger partial charge in [-0.3, -0.25) is 5.41 Å². The molecular weight excluding hydrogens is 274 g/mol. The molecule has 1 heterocycles. The molecule has 5 nitrogen and oxygen atoms in total. The van der Waals surface area contributed by atoms with Crippen LogP contribution in [0.3, 0.4) is 0 Å². The monoisotopic (exact) mass is 295 g/mol. The van der Waals surface area contributed by atoms with Gasteiger partial charge in [-0.25, -0.2) is 8.42 Å². The van der Waals surface area contributed by atoms with Crippen LogP contribution >= 0.6 is 0 Å². The van der Waals surface area contributed by atoms with Crippen molar-refractivity contribution in [3.8, 4) is 0 Å². The molecule has 1 fully saturated rings. The van der Waals surface area contributed by atoms with E-state index in [4.69, 9.17) is 11.1 Å². The summed E-state index contributed by atoms with van der Waals surface area (Å²) in [5.41, 5.74) is 7.54. The molecule has 6 heteroatoms. The summed E-state index contributed by atoms with van der Waals surface area (Å²) in [6.07, 6.45) is 1.25. The van der Waals surface area contributed by atoms with Crippen molar-refractivity contribution in [1.29, 1.82) is 5.41 Å². The first-order valence-corrected chi connectivity index (χ1v) is 8.17. The maximum absolute atomic E-state index is 12.6. The molecule has 0 unspecified atom stereocenters. The lowest BCUT2D eigenvalue weighted by Gasteiger charge is -2.30. The van der Waals surface area contributed by atoms with Crippen LogP contribution in [0.25, 0.3) is 0 Å². The quantitative estimate of drug-likeness (QED) is 0.656. The highest BCUT2D eigenvalue weighted by Gasteiger charge is 2.30. The smallest absolute Gasteiger partial charge is 0.243 e. The van der Waals surface area contributed by atoms with Gasteiger partial charge >= 0.3 is 0 Å². The first-order valence-electron chi connectivity index (χ1n) is 6.73. The van der Waals surface area contributed by atoms with E-state index in [1.54, 1.807) is 12.1 Å². The SMILES string of the molecule is Cc1ccc(S(=O)(=O)N2CCC(C(=N)N)CC2)cc1C. The fraction of sp³-hybridized carbons (Fsp3) is 0.500. The van der Waals surface area contributed by atoms with Gasteiger partial charge in [0.1, 0.15) is 0 Å². The Balaban J connectivity index is 2.19. The van der Waals surface area contributed by atoms with Crippen molar-refractivity contribution in [2.75, 3.05) is 13.1 Å². The van der Waals surface area contributed by atoms with E-state index in [0.29, 0.717) is 30.8 Å². The first-order chi connectivity index (χ1) is 9.32. The van der Waals surface area contributed by atoms with Gasteiger partial charge in [-0.2, -0.15) is 4.31 Å². The molecule has 0 aliphatic carbocycles. The van der Waals surface area contributed by atoms with Crippen LogP contribution in [0.5, 0.6) is 0 Å². The van der Waals surface area contributed by atoms with Crippen molar-refractivity contribution in [3.05, 3.63) is 29.3 Å². The summed E-state index contributed by atoms with van der Waals surface area (Å²) in [5.74, 6) is 0.175. The van der Waals surface area contributed by atoms with Gasteiger partial charge in [0, 0.05) is 19.0 Å². The molecule has 0 atom stereocenters. The van der Waals surface area contributed by atoms with Crippen LogP contribution in [-0.2, 0) is 10.0 Å². The zero-order valence-corrected chi connectivity index (χ0v) is 12.7. The summed E-state index contributed by atoms with van der Waals surface area (Å²) in [5, 5.41) is 7.44. The number of rotatable bonds is 3. The molecule has 20 heavy (non-hydrogen) atoms. The van der Waals surface area contributed by atoms with Gasteiger partial charge in [0.25, 0.3) is 0 Å². The second kappa shape index (κ2) is 5.54. The van der Waals surface area contributed by atoms with Crippen molar-refractivity contribution >= 4 is 15.9 Å². The number of piperidine rings is 1. The van der Waals surface area contributed by atoms with Crippen molar-refractivity contribution in [2.24, 2.45) is 11.7 Å². The number of sulfonamides is 1. The molecule has 0 bridgehead atoms. The van der Waals surface area contributed by atoms with Gasteiger partial charge in [-0.15, -0.1) is 0 Å². The number of nitrogens with one attached hydrogen (secondary N) is 1. The topological polar surface area (TPSA) is 87.2 Å². The highest BCUT2D eigenvalue weighted by atomic mass is 32.2. The zero-order valence-electron chi connectivity index (χ0n) is 11.9. The Hall–Kier alpha value is -1.40. The third-order valence-electron chi connectivity index (χ3n) is 4.01. The van der Waals surface area contributed by atoms with Crippen LogP contribution in [0, 0.1) is 25.2 Å². The van der Waals surface area contributed by atoms with Gasteiger partial charge in [0.15, 0.2) is 0 Å². The van der Waals surface area contributed by atoms with Gasteiger partial charge < -0.3 is 5.73 Å². The van der Waals surface area contributed by atoms with Gasteiger partial charge in [0.05, 0.1) is 10.7 Å². The first kappa shape index (κ1) is 15.0. The molecule has 1 aliphatic heterocycles. The number of benzene rings is 1. The van der Waals surface area contributed by atoms with Crippen molar-refractivity contribution in [2.45, 2.75) is 31.6 Å². The molecule has 0 saturated carbocycles. The average Bonchev–Trinajstić information content (AvgIpc) is 2.41. The Morgan fingerprint density at radius 1 is 1.25 bits per heavy atom. The molecule has 1 aliphatic rings. The number of nitrogens with zero attached hydrogens (tertiary/aromatic N) is 1. The minimum Gasteiger partial charge on any atom is -0.387 e. The van der Waals surface area contributed by atoms with Crippen LogP contribution in [-0.4, -0.2) is 31.6 Å². The molecule has 1 saturated heterocycles. The maximum Gasteiger partial charge on any atom is 0.243 e. The molecule has 110 valence electrons. The molecule has 2 rings (SSSR count). The van der Waals surface area contributed by atoms with Gasteiger partial charge in [0.2, 0.25) is 10.0 Å². The molecule has 0 spiro atoms. The highest BCUT2D eigenvalue weighted by Crippen LogP contribution is 2.24. The Labute approximate surface area is 120 Å². The van der Waals surface area contributed by atoms with Crippen LogP contribution in [0.2, 0.25) is 0 Å². The molecule has 3 N–H and O–H groups in total. The van der Waals surface area contributed by atoms with Crippen molar-refractivity contribution in [3.63, 3.8) is 0 Å². The van der Waals surface area contributed by atoms with E-state index in [-0.39, 0.29) is 11.8 Å². The normalized spacial score (nSPS) is 18.1. The average molecular weight is 295 g/mol. The minimum absolute atomic E-state index is 0.0150. The Kier molecular flexibility index (Phi) is 4.15. The molecule has 1 aromatic rings. The molecule has 0 amide bonds. The van der Waals surface area contributed by atoms with E-state index in [1.165, 1.54) is 4.31 Å². The standard InChI is InChI=1S/C14H21N3O2S/c1-10-3-4-13(9-11(10)2)20(18,19)17-7-5-12(6-8-17)14(15)16/h3-4,9,12H,5-8H2,1-2H3,(H3,15,16). The van der Waals surface area contributed by atoms with E-state index < -0.39 is 10.0 Å². The lowest BCUT2D eigenvalue weighted by Crippen LogP contribution is -2.41. The third kappa shape index (κ3) is 2.86. The van der Waals surface area contributed by atoms with E-state index >= 15 is 0 Å². The van der Waals surface area contributed by atoms with Crippen molar-refractivity contribution < 1.29 is 8.42 Å². The highest BCUT2D eigenvalue weighted by molar-refractivity contribution is 7.89. The molecule has 0 radical (unpaired) electrons. The zero-order chi connectivity index (χ0) is 14.9. The lowest BCUT2D eigenvalue weighted by molar-refractivity contribution is 0.314. The number of aryl methyl sites for hydroxylation is 2. The van der Waals surface area contributed by atoms with Crippen LogP contribution in [0.4, 0.5) is 0 Å². The fourth-order valence-corrected chi connectivity index (χ4v) is 3.99. The number of hydrogen-bond donors (Lipinski definition) is 2. The fourth-order valence-electron chi connectivity index (χ4n) is 2.43. The van der Waals surface area contributed by atoms with Crippen LogP contribution < -0.4 is 5.73 Å². The number of nitrogens with two attached hydrogens (primary N) is 1. The summed E-state index contributed by atoms with van der Waals surface area (Å²) in [6, 6.07) is 5.22. The number of amidine groups is 1. The van der Waals surface area contributed by atoms with E-state index in [0.717, 1.165) is 11.1 Å². The van der Waals surface area contributed by atoms with Crippen molar-refractivity contribution in [1.82, 2.24) is 4.31 Å². The molecular formula is C14H21N3O2S. The predicted molar refractivity (Wildman–Crippen MR) is 79.3 cm³/mol. The second-order valence-corrected chi connectivity index (χ2v) is 7.32. The summed E-state index contributed by atoms with van der Waals surface area (Å²) < 4.78 is 26.6. The second-order valence-electron chi connectivity index (χ2n) is 5.38. The number of hydrogen-bond acceptors (Lipinski definition) is 3. The van der Waals surface area contributed by atoms with Crippen LogP contribution in [0.1, 0.15) is 24.0 Å². The summed E-state index contributed by atoms with van der Waals surface area (Å²) in [4.78, 5) is 0.349. The van der Waals surface area contributed by atoms with Gasteiger partial charge in [-0.1, -0.05) is 6.07 Å². The Morgan fingerprint density at radius 3 is 2.35 bits per heavy atom. The van der Waals surface area contributed by atoms with Gasteiger partial charge in [-0.05, 0) is 49.9 Å². The Morgan fingerprint density at radius 2 is 1.85 bits per heavy atom. The summed E-state index contributed by atoms with van der Waals surface area (Å²) in [7, 11) is -3.43. The van der Waals surface area contributed by atoms with E-state index in [2.05, 4.69) is 0 Å². The lowest BCUT2D eigenvalue weighted by atomic mass is 9.97. The summed E-state index contributed by atoms with van der Waals surface area (Å²) in [6.45, 7) is 4.74. The predicted octanol–water partition coefficient (Wildman–Crippen LogP) is 1.64. The molecule has 0 aromatic heterocycles. The molecule has 1 aromatic carbocycles. The van der Waals surface area contributed by atoms with Crippen LogP contribution in [0.15, 0.2) is 23.1 Å². The maximum atomic E-state index is 12.6.